The SMILES string of the molecule is CCCCCCC1(C)CCCC[Si]1(C)C.O. The lowest BCUT2D eigenvalue weighted by molar-refractivity contribution is 0.423. The van der Waals surface area contributed by atoms with Crippen molar-refractivity contribution in [1.82, 2.24) is 0 Å². The van der Waals surface area contributed by atoms with Crippen molar-refractivity contribution in [3.8, 4) is 0 Å². The summed E-state index contributed by atoms with van der Waals surface area (Å²) >= 11 is 0. The Morgan fingerprint density at radius 1 is 1.06 bits per heavy atom. The van der Waals surface area contributed by atoms with Gasteiger partial charge in [0, 0.05) is 0 Å². The Kier molecular flexibility index (Phi) is 6.88. The molecule has 0 aromatic carbocycles. The van der Waals surface area contributed by atoms with Gasteiger partial charge in [-0.3, -0.25) is 0 Å². The molecule has 1 rings (SSSR count). The fourth-order valence-electron chi connectivity index (χ4n) is 3.13. The van der Waals surface area contributed by atoms with Crippen LogP contribution in [-0.2, 0) is 0 Å². The highest BCUT2D eigenvalue weighted by Gasteiger charge is 2.43. The van der Waals surface area contributed by atoms with E-state index < -0.39 is 8.07 Å². The molecule has 0 aromatic rings. The predicted octanol–water partition coefficient (Wildman–Crippen LogP) is 4.78. The average molecular weight is 244 g/mol. The normalized spacial score (nSPS) is 28.5. The maximum Gasteiger partial charge on any atom is 0.0533 e. The molecule has 1 heterocycles. The highest BCUT2D eigenvalue weighted by Crippen LogP contribution is 2.52. The molecule has 98 valence electrons. The smallest absolute Gasteiger partial charge is 0.0533 e. The Morgan fingerprint density at radius 3 is 2.31 bits per heavy atom. The summed E-state index contributed by atoms with van der Waals surface area (Å²) in [5.41, 5.74) is 0. The minimum absolute atomic E-state index is 0. The van der Waals surface area contributed by atoms with E-state index in [9.17, 15) is 0 Å². The monoisotopic (exact) mass is 244 g/mol. The standard InChI is InChI=1S/C14H30Si.H2O/c1-5-6-7-8-11-14(2)12-9-10-13-15(14,3)4;/h5-13H2,1-4H3;1H2. The van der Waals surface area contributed by atoms with Gasteiger partial charge in [0.25, 0.3) is 0 Å². The van der Waals surface area contributed by atoms with E-state index in [1.807, 2.05) is 0 Å². The lowest BCUT2D eigenvalue weighted by Crippen LogP contribution is -2.43. The molecule has 16 heavy (non-hydrogen) atoms. The van der Waals surface area contributed by atoms with Crippen LogP contribution in [-0.4, -0.2) is 13.6 Å². The van der Waals surface area contributed by atoms with Gasteiger partial charge in [0.05, 0.1) is 8.07 Å². The van der Waals surface area contributed by atoms with Crippen molar-refractivity contribution < 1.29 is 5.48 Å². The molecule has 1 saturated heterocycles. The van der Waals surface area contributed by atoms with E-state index in [1.165, 1.54) is 51.4 Å². The van der Waals surface area contributed by atoms with Gasteiger partial charge < -0.3 is 5.48 Å². The van der Waals surface area contributed by atoms with E-state index in [0.717, 1.165) is 5.04 Å². The molecule has 2 N–H and O–H groups in total. The zero-order chi connectivity index (χ0) is 11.4. The first kappa shape index (κ1) is 16.2. The van der Waals surface area contributed by atoms with E-state index in [4.69, 9.17) is 0 Å². The van der Waals surface area contributed by atoms with Crippen molar-refractivity contribution in [2.75, 3.05) is 0 Å². The number of hydrogen-bond donors (Lipinski definition) is 0. The first-order chi connectivity index (χ1) is 7.02. The van der Waals surface area contributed by atoms with Crippen molar-refractivity contribution >= 4 is 8.07 Å². The van der Waals surface area contributed by atoms with Crippen LogP contribution >= 0.6 is 0 Å². The van der Waals surface area contributed by atoms with Crippen molar-refractivity contribution in [1.29, 1.82) is 0 Å². The lowest BCUT2D eigenvalue weighted by Gasteiger charge is -2.47. The molecule has 1 aliphatic rings. The first-order valence-corrected chi connectivity index (χ1v) is 10.2. The van der Waals surface area contributed by atoms with Crippen molar-refractivity contribution in [2.24, 2.45) is 0 Å². The fourth-order valence-corrected chi connectivity index (χ4v) is 6.57. The van der Waals surface area contributed by atoms with Crippen molar-refractivity contribution in [3.63, 3.8) is 0 Å². The second-order valence-electron chi connectivity index (χ2n) is 6.46. The van der Waals surface area contributed by atoms with Crippen molar-refractivity contribution in [3.05, 3.63) is 0 Å². The topological polar surface area (TPSA) is 31.5 Å². The molecule has 2 heteroatoms. The minimum Gasteiger partial charge on any atom is -0.412 e. The summed E-state index contributed by atoms with van der Waals surface area (Å²) in [5.74, 6) is 0. The van der Waals surface area contributed by atoms with Crippen molar-refractivity contribution in [2.45, 2.75) is 89.4 Å². The van der Waals surface area contributed by atoms with Gasteiger partial charge in [-0.05, 0) is 5.04 Å². The fraction of sp³-hybridized carbons (Fsp3) is 1.00. The Hall–Kier alpha value is 0.177. The van der Waals surface area contributed by atoms with Gasteiger partial charge in [-0.25, -0.2) is 0 Å². The average Bonchev–Trinajstić information content (AvgIpc) is 2.18. The molecule has 1 unspecified atom stereocenters. The summed E-state index contributed by atoms with van der Waals surface area (Å²) in [6.45, 7) is 10.2. The molecule has 0 aliphatic carbocycles. The van der Waals surface area contributed by atoms with Crippen LogP contribution in [0.25, 0.3) is 0 Å². The molecule has 0 amide bonds. The van der Waals surface area contributed by atoms with Crippen LogP contribution in [0.15, 0.2) is 0 Å². The van der Waals surface area contributed by atoms with Gasteiger partial charge in [-0.2, -0.15) is 0 Å². The molecule has 1 nitrogen and oxygen atoms in total. The van der Waals surface area contributed by atoms with Crippen LogP contribution < -0.4 is 0 Å². The van der Waals surface area contributed by atoms with Crippen LogP contribution in [0.1, 0.15) is 65.2 Å². The molecule has 1 fully saturated rings. The van der Waals surface area contributed by atoms with E-state index in [-0.39, 0.29) is 5.48 Å². The molecular formula is C14H32OSi. The van der Waals surface area contributed by atoms with Crippen LogP contribution in [0, 0.1) is 0 Å². The van der Waals surface area contributed by atoms with Gasteiger partial charge in [0.15, 0.2) is 0 Å². The maximum atomic E-state index is 2.63. The zero-order valence-electron chi connectivity index (χ0n) is 11.9. The van der Waals surface area contributed by atoms with E-state index in [0.29, 0.717) is 0 Å². The Bertz CT molecular complexity index is 191. The summed E-state index contributed by atoms with van der Waals surface area (Å²) in [7, 11) is -0.904. The summed E-state index contributed by atoms with van der Waals surface area (Å²) in [4.78, 5) is 0. The summed E-state index contributed by atoms with van der Waals surface area (Å²) in [5, 5.41) is 0.763. The summed E-state index contributed by atoms with van der Waals surface area (Å²) in [6.07, 6.45) is 11.8. The van der Waals surface area contributed by atoms with Crippen LogP contribution in [0.3, 0.4) is 0 Å². The van der Waals surface area contributed by atoms with Gasteiger partial charge in [0.1, 0.15) is 0 Å². The van der Waals surface area contributed by atoms with Crippen LogP contribution in [0.2, 0.25) is 24.2 Å². The van der Waals surface area contributed by atoms with Gasteiger partial charge in [-0.1, -0.05) is 84.4 Å². The maximum absolute atomic E-state index is 2.63. The predicted molar refractivity (Wildman–Crippen MR) is 76.9 cm³/mol. The number of unbranched alkanes of at least 4 members (excludes halogenated alkanes) is 3. The van der Waals surface area contributed by atoms with E-state index in [1.54, 1.807) is 6.04 Å². The second-order valence-corrected chi connectivity index (χ2v) is 11.9. The van der Waals surface area contributed by atoms with Gasteiger partial charge in [0.2, 0.25) is 0 Å². The number of rotatable bonds is 5. The highest BCUT2D eigenvalue weighted by atomic mass is 28.3. The highest BCUT2D eigenvalue weighted by molar-refractivity contribution is 6.80. The molecule has 1 atom stereocenters. The van der Waals surface area contributed by atoms with Gasteiger partial charge >= 0.3 is 0 Å². The molecule has 0 bridgehead atoms. The summed E-state index contributed by atoms with van der Waals surface area (Å²) < 4.78 is 0. The molecule has 1 aliphatic heterocycles. The third-order valence-corrected chi connectivity index (χ3v) is 10.4. The Labute approximate surface area is 103 Å². The molecule has 0 aromatic heterocycles. The first-order valence-electron chi connectivity index (χ1n) is 7.02. The third-order valence-electron chi connectivity index (χ3n) is 5.00. The Balaban J connectivity index is 0.00000225. The van der Waals surface area contributed by atoms with Crippen LogP contribution in [0.5, 0.6) is 0 Å². The molecule has 0 saturated carbocycles. The summed E-state index contributed by atoms with van der Waals surface area (Å²) in [6, 6.07) is 1.58. The zero-order valence-corrected chi connectivity index (χ0v) is 12.9. The van der Waals surface area contributed by atoms with E-state index in [2.05, 4.69) is 26.9 Å². The van der Waals surface area contributed by atoms with Gasteiger partial charge in [-0.15, -0.1) is 0 Å². The largest absolute Gasteiger partial charge is 0.412 e. The molecule has 0 spiro atoms. The van der Waals surface area contributed by atoms with E-state index >= 15 is 0 Å². The molecular weight excluding hydrogens is 212 g/mol. The Morgan fingerprint density at radius 2 is 1.75 bits per heavy atom. The minimum atomic E-state index is -0.904. The number of hydrogen-bond acceptors (Lipinski definition) is 0. The molecule has 0 radical (unpaired) electrons. The quantitative estimate of drug-likeness (QED) is 0.492. The third kappa shape index (κ3) is 3.88. The second kappa shape index (κ2) is 6.80. The van der Waals surface area contributed by atoms with Crippen LogP contribution in [0.4, 0.5) is 0 Å². The lowest BCUT2D eigenvalue weighted by atomic mass is 9.95.